The van der Waals surface area contributed by atoms with Crippen LogP contribution in [0.5, 0.6) is 0 Å². The maximum atomic E-state index is 6.87. The Labute approximate surface area is 124 Å². The monoisotopic (exact) mass is 271 g/mol. The average molecular weight is 271 g/mol. The number of hydrogen-bond donors (Lipinski definition) is 1. The van der Waals surface area contributed by atoms with E-state index in [1.54, 1.807) is 0 Å². The van der Waals surface area contributed by atoms with E-state index < -0.39 is 0 Å². The van der Waals surface area contributed by atoms with Crippen molar-refractivity contribution < 1.29 is 0 Å². The van der Waals surface area contributed by atoms with Gasteiger partial charge < -0.3 is 5.73 Å². The quantitative estimate of drug-likeness (QED) is 0.850. The van der Waals surface area contributed by atoms with Gasteiger partial charge in [0, 0.05) is 11.5 Å². The molecule has 1 atom stereocenters. The topological polar surface area (TPSA) is 26.0 Å². The highest BCUT2D eigenvalue weighted by atomic mass is 14.7. The largest absolute Gasteiger partial charge is 0.327 e. The van der Waals surface area contributed by atoms with Gasteiger partial charge in [-0.3, -0.25) is 0 Å². The Hall–Kier alpha value is -0.820. The van der Waals surface area contributed by atoms with Crippen molar-refractivity contribution in [1.82, 2.24) is 0 Å². The Kier molecular flexibility index (Phi) is 4.16. The number of benzene rings is 1. The Balaban J connectivity index is 1.83. The lowest BCUT2D eigenvalue weighted by molar-refractivity contribution is 0.189. The van der Waals surface area contributed by atoms with Gasteiger partial charge in [0.15, 0.2) is 0 Å². The standard InChI is InChI=1S/C19H29N/c1-15-9-11-16(12-10-15)18(20)19(13-5-6-14-19)17-7-3-2-4-8-17/h2-4,7-8,15-16,18H,5-6,9-14,20H2,1H3. The van der Waals surface area contributed by atoms with Crippen LogP contribution in [0.2, 0.25) is 0 Å². The van der Waals surface area contributed by atoms with Gasteiger partial charge in [-0.15, -0.1) is 0 Å². The van der Waals surface area contributed by atoms with Crippen LogP contribution in [0.15, 0.2) is 30.3 Å². The fourth-order valence-corrected chi connectivity index (χ4v) is 4.69. The second-order valence-electron chi connectivity index (χ2n) is 7.28. The molecule has 110 valence electrons. The van der Waals surface area contributed by atoms with Crippen LogP contribution in [0.3, 0.4) is 0 Å². The molecule has 0 saturated heterocycles. The second-order valence-corrected chi connectivity index (χ2v) is 7.28. The van der Waals surface area contributed by atoms with Crippen molar-refractivity contribution in [3.8, 4) is 0 Å². The van der Waals surface area contributed by atoms with Crippen molar-refractivity contribution in [2.45, 2.75) is 69.7 Å². The van der Waals surface area contributed by atoms with Crippen LogP contribution in [-0.4, -0.2) is 6.04 Å². The molecule has 1 unspecified atom stereocenters. The summed E-state index contributed by atoms with van der Waals surface area (Å²) in [5, 5.41) is 0. The number of hydrogen-bond acceptors (Lipinski definition) is 1. The maximum absolute atomic E-state index is 6.87. The van der Waals surface area contributed by atoms with E-state index in [4.69, 9.17) is 5.73 Å². The summed E-state index contributed by atoms with van der Waals surface area (Å²) in [6.07, 6.45) is 10.7. The first-order valence-electron chi connectivity index (χ1n) is 8.53. The number of nitrogens with two attached hydrogens (primary N) is 1. The first kappa shape index (κ1) is 14.1. The third kappa shape index (κ3) is 2.53. The Bertz CT molecular complexity index is 411. The predicted molar refractivity (Wildman–Crippen MR) is 85.7 cm³/mol. The Morgan fingerprint density at radius 1 is 1.00 bits per heavy atom. The van der Waals surface area contributed by atoms with Crippen molar-refractivity contribution in [2.24, 2.45) is 17.6 Å². The van der Waals surface area contributed by atoms with Crippen LogP contribution >= 0.6 is 0 Å². The SMILES string of the molecule is CC1CCC(C(N)C2(c3ccccc3)CCCC2)CC1. The highest BCUT2D eigenvalue weighted by Crippen LogP contribution is 2.47. The smallest absolute Gasteiger partial charge is 0.0165 e. The summed E-state index contributed by atoms with van der Waals surface area (Å²) in [4.78, 5) is 0. The van der Waals surface area contributed by atoms with E-state index in [1.165, 1.54) is 56.9 Å². The molecule has 2 fully saturated rings. The lowest BCUT2D eigenvalue weighted by Crippen LogP contribution is -2.49. The van der Waals surface area contributed by atoms with E-state index in [2.05, 4.69) is 37.3 Å². The van der Waals surface area contributed by atoms with Gasteiger partial charge in [-0.25, -0.2) is 0 Å². The van der Waals surface area contributed by atoms with Crippen LogP contribution in [0.4, 0.5) is 0 Å². The third-order valence-corrected chi connectivity index (χ3v) is 6.05. The fraction of sp³-hybridized carbons (Fsp3) is 0.684. The molecular weight excluding hydrogens is 242 g/mol. The Morgan fingerprint density at radius 3 is 2.20 bits per heavy atom. The van der Waals surface area contributed by atoms with Crippen LogP contribution in [0.25, 0.3) is 0 Å². The van der Waals surface area contributed by atoms with Gasteiger partial charge in [0.2, 0.25) is 0 Å². The molecule has 0 bridgehead atoms. The molecule has 1 aromatic carbocycles. The molecule has 0 heterocycles. The molecule has 2 saturated carbocycles. The zero-order valence-electron chi connectivity index (χ0n) is 12.9. The third-order valence-electron chi connectivity index (χ3n) is 6.05. The molecule has 0 amide bonds. The van der Waals surface area contributed by atoms with Crippen molar-refractivity contribution in [3.63, 3.8) is 0 Å². The summed E-state index contributed by atoms with van der Waals surface area (Å²) in [5.41, 5.74) is 8.64. The molecule has 0 radical (unpaired) electrons. The minimum Gasteiger partial charge on any atom is -0.327 e. The molecule has 3 rings (SSSR count). The summed E-state index contributed by atoms with van der Waals surface area (Å²) in [6.45, 7) is 2.39. The molecule has 0 spiro atoms. The molecule has 2 aliphatic rings. The first-order chi connectivity index (χ1) is 9.72. The molecular formula is C19H29N. The Morgan fingerprint density at radius 2 is 1.60 bits per heavy atom. The first-order valence-corrected chi connectivity index (χ1v) is 8.53. The lowest BCUT2D eigenvalue weighted by Gasteiger charge is -2.42. The minimum atomic E-state index is 0.270. The summed E-state index contributed by atoms with van der Waals surface area (Å²) >= 11 is 0. The highest BCUT2D eigenvalue weighted by Gasteiger charge is 2.44. The summed E-state index contributed by atoms with van der Waals surface area (Å²) in [5.74, 6) is 1.65. The molecule has 1 heteroatoms. The molecule has 1 nitrogen and oxygen atoms in total. The van der Waals surface area contributed by atoms with Gasteiger partial charge in [0.05, 0.1) is 0 Å². The van der Waals surface area contributed by atoms with Gasteiger partial charge in [-0.2, -0.15) is 0 Å². The molecule has 2 N–H and O–H groups in total. The summed E-state index contributed by atoms with van der Waals surface area (Å²) < 4.78 is 0. The van der Waals surface area contributed by atoms with Crippen LogP contribution in [0.1, 0.15) is 63.9 Å². The van der Waals surface area contributed by atoms with Gasteiger partial charge in [0.1, 0.15) is 0 Å². The van der Waals surface area contributed by atoms with E-state index in [-0.39, 0.29) is 5.41 Å². The van der Waals surface area contributed by atoms with E-state index in [1.807, 2.05) is 0 Å². The van der Waals surface area contributed by atoms with Crippen LogP contribution in [0, 0.1) is 11.8 Å². The fourth-order valence-electron chi connectivity index (χ4n) is 4.69. The normalized spacial score (nSPS) is 31.1. The van der Waals surface area contributed by atoms with Crippen molar-refractivity contribution in [1.29, 1.82) is 0 Å². The summed E-state index contributed by atoms with van der Waals surface area (Å²) in [6, 6.07) is 11.5. The van der Waals surface area contributed by atoms with E-state index in [0.29, 0.717) is 6.04 Å². The number of rotatable bonds is 3. The average Bonchev–Trinajstić information content (AvgIpc) is 2.99. The van der Waals surface area contributed by atoms with Gasteiger partial charge in [-0.1, -0.05) is 62.9 Å². The molecule has 1 aromatic rings. The summed E-state index contributed by atoms with van der Waals surface area (Å²) in [7, 11) is 0. The lowest BCUT2D eigenvalue weighted by atomic mass is 9.65. The predicted octanol–water partition coefficient (Wildman–Crippen LogP) is 4.65. The second kappa shape index (κ2) is 5.89. The van der Waals surface area contributed by atoms with Crippen molar-refractivity contribution >= 4 is 0 Å². The van der Waals surface area contributed by atoms with Gasteiger partial charge in [0.25, 0.3) is 0 Å². The molecule has 20 heavy (non-hydrogen) atoms. The van der Waals surface area contributed by atoms with Crippen molar-refractivity contribution in [2.75, 3.05) is 0 Å². The van der Waals surface area contributed by atoms with Crippen LogP contribution < -0.4 is 5.73 Å². The van der Waals surface area contributed by atoms with Crippen LogP contribution in [-0.2, 0) is 5.41 Å². The van der Waals surface area contributed by atoms with E-state index in [9.17, 15) is 0 Å². The highest BCUT2D eigenvalue weighted by molar-refractivity contribution is 5.29. The van der Waals surface area contributed by atoms with E-state index >= 15 is 0 Å². The molecule has 2 aliphatic carbocycles. The van der Waals surface area contributed by atoms with E-state index in [0.717, 1.165) is 11.8 Å². The maximum Gasteiger partial charge on any atom is 0.0165 e. The zero-order valence-corrected chi connectivity index (χ0v) is 12.9. The van der Waals surface area contributed by atoms with Gasteiger partial charge in [-0.05, 0) is 43.1 Å². The molecule has 0 aromatic heterocycles. The van der Waals surface area contributed by atoms with Crippen molar-refractivity contribution in [3.05, 3.63) is 35.9 Å². The molecule has 0 aliphatic heterocycles. The zero-order chi connectivity index (χ0) is 14.0. The minimum absolute atomic E-state index is 0.270. The van der Waals surface area contributed by atoms with Gasteiger partial charge >= 0.3 is 0 Å².